The Morgan fingerprint density at radius 1 is 1.05 bits per heavy atom. The minimum absolute atomic E-state index is 0. The molecule has 0 fully saturated rings. The first-order chi connectivity index (χ1) is 8.45. The molecule has 0 unspecified atom stereocenters. The molecule has 19 heavy (non-hydrogen) atoms. The van der Waals surface area contributed by atoms with Gasteiger partial charge < -0.3 is 4.55 Å². The van der Waals surface area contributed by atoms with E-state index >= 15 is 0 Å². The van der Waals surface area contributed by atoms with Crippen molar-refractivity contribution >= 4 is 20.9 Å². The Morgan fingerprint density at radius 2 is 1.74 bits per heavy atom. The van der Waals surface area contributed by atoms with Gasteiger partial charge in [-0.05, 0) is 46.9 Å². The van der Waals surface area contributed by atoms with Crippen LogP contribution in [0, 0.1) is 0 Å². The van der Waals surface area contributed by atoms with Crippen molar-refractivity contribution < 1.29 is 42.5 Å². The first kappa shape index (κ1) is 16.7. The molecule has 0 aliphatic heterocycles. The van der Waals surface area contributed by atoms with Crippen molar-refractivity contribution in [1.82, 2.24) is 0 Å². The largest absolute Gasteiger partial charge is 1.00 e. The molecule has 96 valence electrons. The maximum atomic E-state index is 11.0. The summed E-state index contributed by atoms with van der Waals surface area (Å²) in [6, 6.07) is 8.68. The van der Waals surface area contributed by atoms with E-state index in [2.05, 4.69) is 13.0 Å². The standard InChI is InChI=1S/C14H16O3S.Na/c1-3-10-7-11(4-2)14-9-13(18(15,16)17)6-5-12(14)8-10;/h5-9H,3-4H2,1-2H3,(H,15,16,17);/q;+1/p-1. The summed E-state index contributed by atoms with van der Waals surface area (Å²) < 4.78 is 33.1. The van der Waals surface area contributed by atoms with Gasteiger partial charge in [0.05, 0.1) is 4.90 Å². The van der Waals surface area contributed by atoms with Crippen molar-refractivity contribution in [3.63, 3.8) is 0 Å². The Morgan fingerprint density at radius 3 is 2.26 bits per heavy atom. The van der Waals surface area contributed by atoms with Crippen LogP contribution in [0.1, 0.15) is 25.0 Å². The van der Waals surface area contributed by atoms with Crippen molar-refractivity contribution in [2.75, 3.05) is 0 Å². The molecule has 0 radical (unpaired) electrons. The van der Waals surface area contributed by atoms with Crippen molar-refractivity contribution in [1.29, 1.82) is 0 Å². The van der Waals surface area contributed by atoms with Gasteiger partial charge >= 0.3 is 29.6 Å². The fourth-order valence-electron chi connectivity index (χ4n) is 2.13. The van der Waals surface area contributed by atoms with Crippen molar-refractivity contribution in [2.24, 2.45) is 0 Å². The van der Waals surface area contributed by atoms with Gasteiger partial charge in [-0.3, -0.25) is 0 Å². The Labute approximate surface area is 136 Å². The zero-order chi connectivity index (χ0) is 13.3. The van der Waals surface area contributed by atoms with Gasteiger partial charge in [0, 0.05) is 0 Å². The summed E-state index contributed by atoms with van der Waals surface area (Å²) in [4.78, 5) is -0.158. The SMILES string of the molecule is CCc1cc(CC)c2cc(S(=O)(=O)[O-])ccc2c1.[Na+]. The Hall–Kier alpha value is -0.390. The monoisotopic (exact) mass is 286 g/mol. The Bertz CT molecular complexity index is 693. The number of benzene rings is 2. The van der Waals surface area contributed by atoms with Crippen LogP contribution in [0.15, 0.2) is 35.2 Å². The minimum Gasteiger partial charge on any atom is -0.744 e. The quantitative estimate of drug-likeness (QED) is 0.583. The van der Waals surface area contributed by atoms with Gasteiger partial charge in [0.25, 0.3) is 0 Å². The van der Waals surface area contributed by atoms with Gasteiger partial charge in [0.1, 0.15) is 10.1 Å². The molecule has 0 amide bonds. The zero-order valence-corrected chi connectivity index (χ0v) is 14.3. The fourth-order valence-corrected chi connectivity index (χ4v) is 2.63. The van der Waals surface area contributed by atoms with E-state index in [1.165, 1.54) is 17.7 Å². The van der Waals surface area contributed by atoms with E-state index in [0.717, 1.165) is 29.2 Å². The molecular weight excluding hydrogens is 271 g/mol. The first-order valence-corrected chi connectivity index (χ1v) is 7.38. The summed E-state index contributed by atoms with van der Waals surface area (Å²) >= 11 is 0. The Kier molecular flexibility index (Phi) is 5.59. The van der Waals surface area contributed by atoms with Crippen LogP contribution in [0.25, 0.3) is 10.8 Å². The van der Waals surface area contributed by atoms with Crippen molar-refractivity contribution in [2.45, 2.75) is 31.6 Å². The Balaban J connectivity index is 0.00000180. The van der Waals surface area contributed by atoms with Gasteiger partial charge in [-0.1, -0.05) is 32.0 Å². The molecule has 0 saturated heterocycles. The second-order valence-corrected chi connectivity index (χ2v) is 5.68. The third-order valence-corrected chi connectivity index (χ3v) is 3.98. The number of hydrogen-bond donors (Lipinski definition) is 0. The molecule has 0 aliphatic rings. The maximum absolute atomic E-state index is 11.0. The van der Waals surface area contributed by atoms with Crippen molar-refractivity contribution in [3.8, 4) is 0 Å². The van der Waals surface area contributed by atoms with E-state index in [-0.39, 0.29) is 34.5 Å². The second-order valence-electron chi connectivity index (χ2n) is 4.30. The summed E-state index contributed by atoms with van der Waals surface area (Å²) in [6.07, 6.45) is 1.75. The average Bonchev–Trinajstić information content (AvgIpc) is 2.35. The van der Waals surface area contributed by atoms with Gasteiger partial charge in [-0.2, -0.15) is 0 Å². The molecule has 0 bridgehead atoms. The number of aryl methyl sites for hydroxylation is 2. The van der Waals surface area contributed by atoms with Crippen LogP contribution in [0.5, 0.6) is 0 Å². The third kappa shape index (κ3) is 3.58. The minimum atomic E-state index is -4.38. The molecule has 2 aromatic carbocycles. The normalized spacial score (nSPS) is 11.3. The average molecular weight is 286 g/mol. The van der Waals surface area contributed by atoms with Crippen molar-refractivity contribution in [3.05, 3.63) is 41.5 Å². The second kappa shape index (κ2) is 6.37. The van der Waals surface area contributed by atoms with Gasteiger partial charge in [0.15, 0.2) is 0 Å². The molecule has 5 heteroatoms. The third-order valence-electron chi connectivity index (χ3n) is 3.15. The van der Waals surface area contributed by atoms with E-state index < -0.39 is 10.1 Å². The summed E-state index contributed by atoms with van der Waals surface area (Å²) in [5.74, 6) is 0. The summed E-state index contributed by atoms with van der Waals surface area (Å²) in [6.45, 7) is 4.10. The molecule has 0 spiro atoms. The predicted molar refractivity (Wildman–Crippen MR) is 70.7 cm³/mol. The molecule has 2 rings (SSSR count). The van der Waals surface area contributed by atoms with Crippen LogP contribution < -0.4 is 29.6 Å². The van der Waals surface area contributed by atoms with Crippen LogP contribution in [-0.2, 0) is 23.0 Å². The summed E-state index contributed by atoms with van der Waals surface area (Å²) in [5.41, 5.74) is 2.30. The molecule has 0 saturated carbocycles. The van der Waals surface area contributed by atoms with E-state index in [1.54, 1.807) is 6.07 Å². The van der Waals surface area contributed by atoms with E-state index in [1.807, 2.05) is 13.0 Å². The fraction of sp³-hybridized carbons (Fsp3) is 0.286. The predicted octanol–water partition coefficient (Wildman–Crippen LogP) is -0.127. The summed E-state index contributed by atoms with van der Waals surface area (Å²) in [5, 5.41) is 1.84. The zero-order valence-electron chi connectivity index (χ0n) is 11.4. The molecule has 3 nitrogen and oxygen atoms in total. The van der Waals surface area contributed by atoms with E-state index in [0.29, 0.717) is 0 Å². The van der Waals surface area contributed by atoms with Crippen LogP contribution in [0.2, 0.25) is 0 Å². The molecule has 2 aromatic rings. The summed E-state index contributed by atoms with van der Waals surface area (Å²) in [7, 11) is -4.38. The van der Waals surface area contributed by atoms with Crippen LogP contribution in [-0.4, -0.2) is 13.0 Å². The van der Waals surface area contributed by atoms with E-state index in [4.69, 9.17) is 0 Å². The van der Waals surface area contributed by atoms with Crippen LogP contribution in [0.3, 0.4) is 0 Å². The molecule has 0 atom stereocenters. The molecule has 0 heterocycles. The number of rotatable bonds is 3. The van der Waals surface area contributed by atoms with Gasteiger partial charge in [0.2, 0.25) is 0 Å². The number of hydrogen-bond acceptors (Lipinski definition) is 3. The smallest absolute Gasteiger partial charge is 0.744 e. The number of fused-ring (bicyclic) bond motifs is 1. The van der Waals surface area contributed by atoms with E-state index in [9.17, 15) is 13.0 Å². The molecular formula is C14H15NaO3S. The molecule has 0 N–H and O–H groups in total. The topological polar surface area (TPSA) is 57.2 Å². The first-order valence-electron chi connectivity index (χ1n) is 5.97. The van der Waals surface area contributed by atoms with Gasteiger partial charge in [-0.15, -0.1) is 0 Å². The maximum Gasteiger partial charge on any atom is 1.00 e. The molecule has 0 aliphatic carbocycles. The molecule has 0 aromatic heterocycles. The van der Waals surface area contributed by atoms with Crippen LogP contribution >= 0.6 is 0 Å². The van der Waals surface area contributed by atoms with Crippen LogP contribution in [0.4, 0.5) is 0 Å². The van der Waals surface area contributed by atoms with Gasteiger partial charge in [-0.25, -0.2) is 8.42 Å².